The van der Waals surface area contributed by atoms with E-state index in [0.29, 0.717) is 0 Å². The smallest absolute Gasteiger partial charge is 0.220 e. The Morgan fingerprint density at radius 3 is 2.53 bits per heavy atom. The van der Waals surface area contributed by atoms with Crippen molar-refractivity contribution in [1.29, 1.82) is 0 Å². The number of aromatic nitrogens is 1. The van der Waals surface area contributed by atoms with Gasteiger partial charge < -0.3 is 5.11 Å². The Kier molecular flexibility index (Phi) is 2.46. The number of pyridine rings is 1. The summed E-state index contributed by atoms with van der Waals surface area (Å²) in [6.45, 7) is 0. The summed E-state index contributed by atoms with van der Waals surface area (Å²) in [5, 5.41) is 9.22. The highest BCUT2D eigenvalue weighted by Gasteiger charge is 1.97. The van der Waals surface area contributed by atoms with Gasteiger partial charge in [-0.2, -0.15) is 0 Å². The van der Waals surface area contributed by atoms with Crippen molar-refractivity contribution in [2.45, 2.75) is 0 Å². The molecule has 74 valence electrons. The predicted octanol–water partition coefficient (Wildman–Crippen LogP) is 1.81. The normalized spacial score (nSPS) is 9.87. The molecule has 0 amide bonds. The first-order chi connectivity index (χ1) is 7.27. The fourth-order valence-corrected chi connectivity index (χ4v) is 1.26. The van der Waals surface area contributed by atoms with Crippen molar-refractivity contribution >= 4 is 0 Å². The van der Waals surface area contributed by atoms with E-state index in [2.05, 4.69) is 4.98 Å². The molecule has 0 aliphatic rings. The SMILES string of the molecule is O=c1ccc(-c2ccccn2)ccc1O. The van der Waals surface area contributed by atoms with Crippen LogP contribution in [0.15, 0.2) is 53.5 Å². The largest absolute Gasteiger partial charge is 0.504 e. The predicted molar refractivity (Wildman–Crippen MR) is 57.6 cm³/mol. The van der Waals surface area contributed by atoms with Gasteiger partial charge in [0, 0.05) is 11.8 Å². The molecule has 0 atom stereocenters. The van der Waals surface area contributed by atoms with Crippen molar-refractivity contribution in [2.24, 2.45) is 0 Å². The van der Waals surface area contributed by atoms with Gasteiger partial charge in [-0.15, -0.1) is 0 Å². The second kappa shape index (κ2) is 3.92. The molecule has 0 fully saturated rings. The minimum Gasteiger partial charge on any atom is -0.504 e. The molecule has 0 saturated carbocycles. The van der Waals surface area contributed by atoms with Crippen molar-refractivity contribution in [2.75, 3.05) is 0 Å². The van der Waals surface area contributed by atoms with Gasteiger partial charge in [0.05, 0.1) is 5.69 Å². The van der Waals surface area contributed by atoms with Gasteiger partial charge >= 0.3 is 0 Å². The molecule has 15 heavy (non-hydrogen) atoms. The average Bonchev–Trinajstić information content (AvgIpc) is 2.44. The van der Waals surface area contributed by atoms with Crippen LogP contribution in [0, 0.1) is 0 Å². The maximum atomic E-state index is 11.1. The summed E-state index contributed by atoms with van der Waals surface area (Å²) >= 11 is 0. The van der Waals surface area contributed by atoms with Crippen LogP contribution < -0.4 is 5.43 Å². The van der Waals surface area contributed by atoms with Crippen LogP contribution >= 0.6 is 0 Å². The van der Waals surface area contributed by atoms with E-state index in [-0.39, 0.29) is 5.75 Å². The molecule has 0 aliphatic heterocycles. The molecule has 0 radical (unpaired) electrons. The van der Waals surface area contributed by atoms with Crippen molar-refractivity contribution in [3.63, 3.8) is 0 Å². The van der Waals surface area contributed by atoms with Crippen molar-refractivity contribution in [3.05, 3.63) is 58.9 Å². The molecule has 0 saturated heterocycles. The fraction of sp³-hybridized carbons (Fsp3) is 0. The molecule has 0 unspecified atom stereocenters. The van der Waals surface area contributed by atoms with Gasteiger partial charge in [-0.1, -0.05) is 6.07 Å². The van der Waals surface area contributed by atoms with Gasteiger partial charge in [0.25, 0.3) is 0 Å². The molecular formula is C12H9NO2. The lowest BCUT2D eigenvalue weighted by Crippen LogP contribution is -1.91. The van der Waals surface area contributed by atoms with E-state index in [4.69, 9.17) is 0 Å². The first-order valence-electron chi connectivity index (χ1n) is 4.52. The minimum atomic E-state index is -0.391. The van der Waals surface area contributed by atoms with Gasteiger partial charge in [0.2, 0.25) is 5.43 Å². The van der Waals surface area contributed by atoms with Crippen LogP contribution in [0.25, 0.3) is 11.3 Å². The summed E-state index contributed by atoms with van der Waals surface area (Å²) in [7, 11) is 0. The van der Waals surface area contributed by atoms with Crippen LogP contribution in [0.3, 0.4) is 0 Å². The Hall–Kier alpha value is -2.16. The molecule has 1 aromatic heterocycles. The third kappa shape index (κ3) is 2.02. The highest BCUT2D eigenvalue weighted by Crippen LogP contribution is 2.14. The second-order valence-corrected chi connectivity index (χ2v) is 3.09. The molecule has 0 aliphatic carbocycles. The van der Waals surface area contributed by atoms with Crippen LogP contribution in [0.5, 0.6) is 5.75 Å². The average molecular weight is 199 g/mol. The standard InChI is InChI=1S/C12H9NO2/c14-11-6-4-9(5-7-12(11)15)10-3-1-2-8-13-10/h1-8H,(H,14,15). The van der Waals surface area contributed by atoms with Crippen LogP contribution in [0.1, 0.15) is 0 Å². The Morgan fingerprint density at radius 2 is 1.80 bits per heavy atom. The molecule has 3 nitrogen and oxygen atoms in total. The summed E-state index contributed by atoms with van der Waals surface area (Å²) < 4.78 is 0. The summed E-state index contributed by atoms with van der Waals surface area (Å²) in [6.07, 6.45) is 1.68. The monoisotopic (exact) mass is 199 g/mol. The third-order valence-electron chi connectivity index (χ3n) is 2.05. The molecule has 0 bridgehead atoms. The van der Waals surface area contributed by atoms with Gasteiger partial charge in [-0.25, -0.2) is 0 Å². The van der Waals surface area contributed by atoms with E-state index in [9.17, 15) is 9.90 Å². The first kappa shape index (κ1) is 9.40. The lowest BCUT2D eigenvalue weighted by molar-refractivity contribution is 0.471. The number of nitrogens with zero attached hydrogens (tertiary/aromatic N) is 1. The molecule has 1 aromatic carbocycles. The Labute approximate surface area is 86.7 Å². The minimum absolute atomic E-state index is 0.253. The molecular weight excluding hydrogens is 190 g/mol. The molecule has 1 N–H and O–H groups in total. The summed E-state index contributed by atoms with van der Waals surface area (Å²) in [4.78, 5) is 15.3. The maximum Gasteiger partial charge on any atom is 0.220 e. The second-order valence-electron chi connectivity index (χ2n) is 3.09. The highest BCUT2D eigenvalue weighted by molar-refractivity contribution is 5.58. The lowest BCUT2D eigenvalue weighted by atomic mass is 10.2. The van der Waals surface area contributed by atoms with Gasteiger partial charge in [0.1, 0.15) is 0 Å². The number of aromatic hydroxyl groups is 1. The number of hydrogen-bond donors (Lipinski definition) is 1. The molecule has 1 heterocycles. The van der Waals surface area contributed by atoms with Crippen LogP contribution in [-0.4, -0.2) is 10.1 Å². The highest BCUT2D eigenvalue weighted by atomic mass is 16.3. The number of hydrogen-bond acceptors (Lipinski definition) is 3. The fourth-order valence-electron chi connectivity index (χ4n) is 1.26. The van der Waals surface area contributed by atoms with E-state index in [0.717, 1.165) is 11.3 Å². The molecule has 3 heteroatoms. The van der Waals surface area contributed by atoms with Gasteiger partial charge in [0.15, 0.2) is 5.75 Å². The third-order valence-corrected chi connectivity index (χ3v) is 2.05. The Balaban J connectivity index is 2.57. The van der Waals surface area contributed by atoms with Gasteiger partial charge in [-0.05, 0) is 36.4 Å². The van der Waals surface area contributed by atoms with Crippen LogP contribution in [-0.2, 0) is 0 Å². The zero-order valence-corrected chi connectivity index (χ0v) is 7.92. The lowest BCUT2D eigenvalue weighted by Gasteiger charge is -1.94. The zero-order valence-electron chi connectivity index (χ0n) is 7.92. The van der Waals surface area contributed by atoms with E-state index in [1.807, 2.05) is 18.2 Å². The first-order valence-corrected chi connectivity index (χ1v) is 4.52. The van der Waals surface area contributed by atoms with Gasteiger partial charge in [-0.3, -0.25) is 9.78 Å². The summed E-state index contributed by atoms with van der Waals surface area (Å²) in [6, 6.07) is 11.6. The topological polar surface area (TPSA) is 50.2 Å². The Morgan fingerprint density at radius 1 is 1.00 bits per heavy atom. The van der Waals surface area contributed by atoms with E-state index < -0.39 is 5.43 Å². The van der Waals surface area contributed by atoms with Crippen LogP contribution in [0.2, 0.25) is 0 Å². The Bertz CT molecular complexity index is 523. The zero-order chi connectivity index (χ0) is 10.7. The molecule has 2 aromatic rings. The maximum absolute atomic E-state index is 11.1. The van der Waals surface area contributed by atoms with Crippen LogP contribution in [0.4, 0.5) is 0 Å². The quantitative estimate of drug-likeness (QED) is 0.762. The van der Waals surface area contributed by atoms with E-state index in [1.165, 1.54) is 12.1 Å². The van der Waals surface area contributed by atoms with Crippen molar-refractivity contribution in [3.8, 4) is 17.0 Å². The van der Waals surface area contributed by atoms with E-state index in [1.54, 1.807) is 18.3 Å². The molecule has 2 rings (SSSR count). The molecule has 0 spiro atoms. The van der Waals surface area contributed by atoms with E-state index >= 15 is 0 Å². The van der Waals surface area contributed by atoms with Crippen molar-refractivity contribution < 1.29 is 5.11 Å². The summed E-state index contributed by atoms with van der Waals surface area (Å²) in [5.74, 6) is -0.253. The number of rotatable bonds is 1. The summed E-state index contributed by atoms with van der Waals surface area (Å²) in [5.41, 5.74) is 1.18. The van der Waals surface area contributed by atoms with Crippen molar-refractivity contribution in [1.82, 2.24) is 4.98 Å².